The Labute approximate surface area is 140 Å². The Hall–Kier alpha value is -2.60. The van der Waals surface area contributed by atoms with Crippen molar-refractivity contribution in [2.75, 3.05) is 18.4 Å². The third kappa shape index (κ3) is 2.69. The Bertz CT molecular complexity index is 867. The number of fused-ring (bicyclic) bond motifs is 3. The van der Waals surface area contributed by atoms with Crippen molar-refractivity contribution in [3.05, 3.63) is 48.2 Å². The Balaban J connectivity index is 1.59. The van der Waals surface area contributed by atoms with Crippen LogP contribution in [0.3, 0.4) is 0 Å². The number of rotatable bonds is 4. The van der Waals surface area contributed by atoms with Gasteiger partial charge in [0.15, 0.2) is 5.76 Å². The molecule has 0 fully saturated rings. The van der Waals surface area contributed by atoms with Gasteiger partial charge >= 0.3 is 0 Å². The van der Waals surface area contributed by atoms with Crippen molar-refractivity contribution >= 4 is 22.6 Å². The second kappa shape index (κ2) is 6.13. The van der Waals surface area contributed by atoms with Gasteiger partial charge in [0, 0.05) is 18.8 Å². The maximum Gasteiger partial charge on any atom is 0.291 e. The molecular formula is C18H20N4O2. The van der Waals surface area contributed by atoms with Gasteiger partial charge in [0.1, 0.15) is 5.82 Å². The van der Waals surface area contributed by atoms with Crippen LogP contribution in [0.25, 0.3) is 11.0 Å². The molecule has 1 amide bonds. The molecule has 0 atom stereocenters. The van der Waals surface area contributed by atoms with Crippen LogP contribution in [0.1, 0.15) is 29.7 Å². The first-order chi connectivity index (χ1) is 11.7. The summed E-state index contributed by atoms with van der Waals surface area (Å²) in [4.78, 5) is 19.3. The smallest absolute Gasteiger partial charge is 0.291 e. The molecule has 0 spiro atoms. The summed E-state index contributed by atoms with van der Waals surface area (Å²) in [5, 5.41) is 2.85. The highest BCUT2D eigenvalue weighted by atomic mass is 16.3. The van der Waals surface area contributed by atoms with Crippen LogP contribution in [0.15, 0.2) is 41.0 Å². The third-order valence-corrected chi connectivity index (χ3v) is 4.37. The number of carbonyl (C=O) groups is 1. The van der Waals surface area contributed by atoms with Crippen LogP contribution in [0.5, 0.6) is 0 Å². The highest BCUT2D eigenvalue weighted by molar-refractivity contribution is 6.03. The lowest BCUT2D eigenvalue weighted by Gasteiger charge is -2.27. The lowest BCUT2D eigenvalue weighted by Crippen LogP contribution is -2.34. The zero-order valence-electron chi connectivity index (χ0n) is 13.7. The maximum absolute atomic E-state index is 12.1. The summed E-state index contributed by atoms with van der Waals surface area (Å²) in [6.45, 7) is 6.21. The number of benzene rings is 1. The number of nitrogens with zero attached hydrogens (tertiary/aromatic N) is 3. The van der Waals surface area contributed by atoms with Gasteiger partial charge in [-0.15, -0.1) is 0 Å². The van der Waals surface area contributed by atoms with Gasteiger partial charge in [-0.25, -0.2) is 4.98 Å². The summed E-state index contributed by atoms with van der Waals surface area (Å²) in [6.07, 6.45) is 2.65. The minimum atomic E-state index is -0.252. The first kappa shape index (κ1) is 15.0. The summed E-state index contributed by atoms with van der Waals surface area (Å²) in [5.74, 6) is 1.14. The van der Waals surface area contributed by atoms with E-state index in [2.05, 4.69) is 21.7 Å². The topological polar surface area (TPSA) is 63.3 Å². The minimum absolute atomic E-state index is 0.252. The molecule has 0 bridgehead atoms. The van der Waals surface area contributed by atoms with Gasteiger partial charge in [0.25, 0.3) is 5.91 Å². The second-order valence-corrected chi connectivity index (χ2v) is 6.09. The number of anilines is 1. The Morgan fingerprint density at radius 1 is 1.33 bits per heavy atom. The molecule has 0 saturated heterocycles. The van der Waals surface area contributed by atoms with Crippen LogP contribution >= 0.6 is 0 Å². The Kier molecular flexibility index (Phi) is 3.82. The number of carbonyl (C=O) groups excluding carboxylic acids is 1. The fraction of sp³-hybridized carbons (Fsp3) is 0.333. The van der Waals surface area contributed by atoms with Crippen molar-refractivity contribution in [1.29, 1.82) is 0 Å². The van der Waals surface area contributed by atoms with Crippen LogP contribution in [-0.4, -0.2) is 33.4 Å². The number of hydrogen-bond donors (Lipinski definition) is 1. The number of aromatic nitrogens is 2. The molecule has 6 nitrogen and oxygen atoms in total. The lowest BCUT2D eigenvalue weighted by molar-refractivity contribution is 0.0996. The highest BCUT2D eigenvalue weighted by Gasteiger charge is 2.19. The largest absolute Gasteiger partial charge is 0.459 e. The van der Waals surface area contributed by atoms with Crippen LogP contribution in [0, 0.1) is 0 Å². The van der Waals surface area contributed by atoms with Crippen molar-refractivity contribution in [3.8, 4) is 0 Å². The standard InChI is InChI=1S/C18H20N4O2/c1-2-7-21-8-9-22-15-6-5-13(11-14(15)20-17(22)12-21)19-18(23)16-4-3-10-24-16/h3-6,10-11H,2,7-9,12H2,1H3,(H,19,23). The molecule has 1 aliphatic rings. The fourth-order valence-corrected chi connectivity index (χ4v) is 3.26. The van der Waals surface area contributed by atoms with Crippen LogP contribution < -0.4 is 5.32 Å². The van der Waals surface area contributed by atoms with Crippen molar-refractivity contribution in [2.24, 2.45) is 0 Å². The Morgan fingerprint density at radius 3 is 3.04 bits per heavy atom. The summed E-state index contributed by atoms with van der Waals surface area (Å²) >= 11 is 0. The van der Waals surface area contributed by atoms with E-state index in [0.29, 0.717) is 5.76 Å². The predicted octanol–water partition coefficient (Wildman–Crippen LogP) is 3.11. The average Bonchev–Trinajstić information content (AvgIpc) is 3.22. The molecule has 3 heterocycles. The molecule has 6 heteroatoms. The van der Waals surface area contributed by atoms with E-state index in [-0.39, 0.29) is 5.91 Å². The van der Waals surface area contributed by atoms with E-state index in [1.165, 1.54) is 6.26 Å². The van der Waals surface area contributed by atoms with Gasteiger partial charge in [-0.3, -0.25) is 9.69 Å². The molecule has 124 valence electrons. The normalized spacial score (nSPS) is 14.7. The average molecular weight is 324 g/mol. The van der Waals surface area contributed by atoms with E-state index in [9.17, 15) is 4.79 Å². The quantitative estimate of drug-likeness (QED) is 0.801. The van der Waals surface area contributed by atoms with Crippen LogP contribution in [0.4, 0.5) is 5.69 Å². The highest BCUT2D eigenvalue weighted by Crippen LogP contribution is 2.24. The van der Waals surface area contributed by atoms with Crippen molar-refractivity contribution in [2.45, 2.75) is 26.4 Å². The predicted molar refractivity (Wildman–Crippen MR) is 92.0 cm³/mol. The zero-order valence-corrected chi connectivity index (χ0v) is 13.7. The molecule has 1 aliphatic heterocycles. The molecule has 0 unspecified atom stereocenters. The molecule has 24 heavy (non-hydrogen) atoms. The molecule has 0 radical (unpaired) electrons. The van der Waals surface area contributed by atoms with Crippen molar-refractivity contribution in [3.63, 3.8) is 0 Å². The van der Waals surface area contributed by atoms with E-state index in [0.717, 1.165) is 55.1 Å². The summed E-state index contributed by atoms with van der Waals surface area (Å²) in [6, 6.07) is 9.20. The number of furan rings is 1. The second-order valence-electron chi connectivity index (χ2n) is 6.09. The number of amides is 1. The number of hydrogen-bond acceptors (Lipinski definition) is 4. The molecule has 3 aromatic rings. The van der Waals surface area contributed by atoms with Gasteiger partial charge in [-0.05, 0) is 43.3 Å². The van der Waals surface area contributed by atoms with Gasteiger partial charge in [-0.1, -0.05) is 6.92 Å². The van der Waals surface area contributed by atoms with Gasteiger partial charge in [0.2, 0.25) is 0 Å². The lowest BCUT2D eigenvalue weighted by atomic mass is 10.2. The summed E-state index contributed by atoms with van der Waals surface area (Å²) in [7, 11) is 0. The molecule has 1 N–H and O–H groups in total. The van der Waals surface area contributed by atoms with Gasteiger partial charge in [0.05, 0.1) is 23.8 Å². The van der Waals surface area contributed by atoms with Gasteiger partial charge < -0.3 is 14.3 Å². The van der Waals surface area contributed by atoms with Crippen molar-refractivity contribution in [1.82, 2.24) is 14.5 Å². The van der Waals surface area contributed by atoms with Crippen LogP contribution in [-0.2, 0) is 13.1 Å². The van der Waals surface area contributed by atoms with Crippen LogP contribution in [0.2, 0.25) is 0 Å². The fourth-order valence-electron chi connectivity index (χ4n) is 3.26. The first-order valence-corrected chi connectivity index (χ1v) is 8.31. The monoisotopic (exact) mass is 324 g/mol. The van der Waals surface area contributed by atoms with Gasteiger partial charge in [-0.2, -0.15) is 0 Å². The molecule has 0 aliphatic carbocycles. The molecule has 4 rings (SSSR count). The molecular weight excluding hydrogens is 304 g/mol. The first-order valence-electron chi connectivity index (χ1n) is 8.31. The minimum Gasteiger partial charge on any atom is -0.459 e. The third-order valence-electron chi connectivity index (χ3n) is 4.37. The van der Waals surface area contributed by atoms with E-state index in [1.807, 2.05) is 18.2 Å². The molecule has 2 aromatic heterocycles. The number of nitrogens with one attached hydrogen (secondary N) is 1. The summed E-state index contributed by atoms with van der Waals surface area (Å²) < 4.78 is 7.40. The van der Waals surface area contributed by atoms with E-state index in [4.69, 9.17) is 9.40 Å². The van der Waals surface area contributed by atoms with Crippen molar-refractivity contribution < 1.29 is 9.21 Å². The van der Waals surface area contributed by atoms with E-state index in [1.54, 1.807) is 12.1 Å². The van der Waals surface area contributed by atoms with E-state index >= 15 is 0 Å². The molecule has 1 aromatic carbocycles. The Morgan fingerprint density at radius 2 is 2.25 bits per heavy atom. The van der Waals surface area contributed by atoms with E-state index < -0.39 is 0 Å². The SMILES string of the molecule is CCCN1CCn2c(nc3cc(NC(=O)c4ccco4)ccc32)C1. The maximum atomic E-state index is 12.1. The molecule has 0 saturated carbocycles. The number of imidazole rings is 1. The summed E-state index contributed by atoms with van der Waals surface area (Å²) in [5.41, 5.74) is 2.77. The zero-order chi connectivity index (χ0) is 16.5.